The van der Waals surface area contributed by atoms with Crippen molar-refractivity contribution in [2.75, 3.05) is 6.61 Å². The van der Waals surface area contributed by atoms with Gasteiger partial charge >= 0.3 is 11.9 Å². The molecule has 1 unspecified atom stereocenters. The van der Waals surface area contributed by atoms with Crippen LogP contribution in [0.3, 0.4) is 0 Å². The van der Waals surface area contributed by atoms with Crippen LogP contribution in [0.5, 0.6) is 5.75 Å². The molecule has 0 saturated heterocycles. The molecule has 1 fully saturated rings. The summed E-state index contributed by atoms with van der Waals surface area (Å²) in [4.78, 5) is 22.7. The minimum absolute atomic E-state index is 0.183. The second-order valence-corrected chi connectivity index (χ2v) is 13.1. The van der Waals surface area contributed by atoms with E-state index in [9.17, 15) is 14.7 Å². The van der Waals surface area contributed by atoms with Crippen molar-refractivity contribution in [1.29, 1.82) is 0 Å². The van der Waals surface area contributed by atoms with E-state index >= 15 is 0 Å². The van der Waals surface area contributed by atoms with Gasteiger partial charge < -0.3 is 14.9 Å². The standard InChI is InChI=1S/C40H48O5/c41-39(42)16-7-5-11-32(36-14-8-13-34-27-35(40(43)44)25-26-37(34)36)23-24-33-12-4-6-15-38(33)45-28-31-21-19-30(20-22-31)18-17-29-9-2-1-3-10-29/h1-4,6,9-10,12,15,23,25-27,30-31,36H,5,7-8,11,13-14,16-22,24,28H2,(H,41,42)(H,43,44)/b32-23+/t30-,31-,36?. The first-order valence-corrected chi connectivity index (χ1v) is 17.0. The van der Waals surface area contributed by atoms with Gasteiger partial charge in [0.15, 0.2) is 0 Å². The number of carboxylic acids is 2. The van der Waals surface area contributed by atoms with Crippen LogP contribution >= 0.6 is 0 Å². The van der Waals surface area contributed by atoms with Crippen molar-refractivity contribution in [2.24, 2.45) is 11.8 Å². The van der Waals surface area contributed by atoms with Gasteiger partial charge in [0.2, 0.25) is 0 Å². The first-order chi connectivity index (χ1) is 22.0. The lowest BCUT2D eigenvalue weighted by atomic mass is 9.76. The Balaban J connectivity index is 1.21. The lowest BCUT2D eigenvalue weighted by molar-refractivity contribution is -0.137. The van der Waals surface area contributed by atoms with Crippen LogP contribution in [0.1, 0.15) is 109 Å². The van der Waals surface area contributed by atoms with E-state index in [1.807, 2.05) is 18.2 Å². The van der Waals surface area contributed by atoms with E-state index in [2.05, 4.69) is 54.6 Å². The minimum Gasteiger partial charge on any atom is -0.493 e. The zero-order chi connectivity index (χ0) is 31.4. The van der Waals surface area contributed by atoms with Crippen molar-refractivity contribution in [3.63, 3.8) is 0 Å². The quantitative estimate of drug-likeness (QED) is 0.133. The maximum absolute atomic E-state index is 11.6. The van der Waals surface area contributed by atoms with Crippen molar-refractivity contribution in [1.82, 2.24) is 0 Å². The Kier molecular flexibility index (Phi) is 11.9. The van der Waals surface area contributed by atoms with E-state index in [1.54, 1.807) is 6.07 Å². The van der Waals surface area contributed by atoms with E-state index in [4.69, 9.17) is 9.84 Å². The fraction of sp³-hybridized carbons (Fsp3) is 0.450. The van der Waals surface area contributed by atoms with Crippen LogP contribution in [-0.4, -0.2) is 28.8 Å². The average Bonchev–Trinajstić information content (AvgIpc) is 3.07. The maximum Gasteiger partial charge on any atom is 0.335 e. The molecular formula is C40H48O5. The molecule has 2 N–H and O–H groups in total. The highest BCUT2D eigenvalue weighted by atomic mass is 16.5. The number of benzene rings is 3. The van der Waals surface area contributed by atoms with E-state index in [1.165, 1.54) is 60.8 Å². The van der Waals surface area contributed by atoms with Crippen LogP contribution < -0.4 is 4.74 Å². The summed E-state index contributed by atoms with van der Waals surface area (Å²) in [5.41, 5.74) is 6.63. The molecular weight excluding hydrogens is 560 g/mol. The molecule has 45 heavy (non-hydrogen) atoms. The number of hydrogen-bond acceptors (Lipinski definition) is 3. The summed E-state index contributed by atoms with van der Waals surface area (Å²) in [5, 5.41) is 18.7. The van der Waals surface area contributed by atoms with Crippen molar-refractivity contribution >= 4 is 11.9 Å². The summed E-state index contributed by atoms with van der Waals surface area (Å²) in [6, 6.07) is 24.8. The maximum atomic E-state index is 11.6. The van der Waals surface area contributed by atoms with Gasteiger partial charge in [-0.25, -0.2) is 4.79 Å². The summed E-state index contributed by atoms with van der Waals surface area (Å²) in [7, 11) is 0. The Morgan fingerprint density at radius 1 is 0.822 bits per heavy atom. The van der Waals surface area contributed by atoms with Gasteiger partial charge in [0.1, 0.15) is 5.75 Å². The Labute approximate surface area is 268 Å². The Morgan fingerprint density at radius 3 is 2.33 bits per heavy atom. The highest BCUT2D eigenvalue weighted by Crippen LogP contribution is 2.40. The lowest BCUT2D eigenvalue weighted by Gasteiger charge is -2.29. The van der Waals surface area contributed by atoms with E-state index in [0.29, 0.717) is 17.9 Å². The smallest absolute Gasteiger partial charge is 0.335 e. The number of aliphatic carboxylic acids is 1. The minimum atomic E-state index is -0.892. The van der Waals surface area contributed by atoms with Crippen molar-refractivity contribution in [3.05, 3.63) is 112 Å². The normalized spacial score (nSPS) is 19.9. The summed E-state index contributed by atoms with van der Waals surface area (Å²) >= 11 is 0. The van der Waals surface area contributed by atoms with Gasteiger partial charge in [-0.3, -0.25) is 4.79 Å². The van der Waals surface area contributed by atoms with Gasteiger partial charge in [-0.1, -0.05) is 79.1 Å². The SMILES string of the molecule is O=C(O)CCCC/C(=C\Cc1ccccc1OC[C@H]1CC[C@H](CCc2ccccc2)CC1)C1CCCc2cc(C(=O)O)ccc21. The predicted octanol–water partition coefficient (Wildman–Crippen LogP) is 9.44. The van der Waals surface area contributed by atoms with Crippen LogP contribution in [0.15, 0.2) is 84.4 Å². The van der Waals surface area contributed by atoms with Crippen molar-refractivity contribution in [2.45, 2.75) is 95.8 Å². The fourth-order valence-corrected chi connectivity index (χ4v) is 7.32. The number of para-hydroxylation sites is 1. The lowest BCUT2D eigenvalue weighted by Crippen LogP contribution is -2.20. The van der Waals surface area contributed by atoms with E-state index in [-0.39, 0.29) is 12.3 Å². The largest absolute Gasteiger partial charge is 0.493 e. The summed E-state index contributed by atoms with van der Waals surface area (Å²) in [5.74, 6) is 0.953. The second kappa shape index (κ2) is 16.5. The van der Waals surface area contributed by atoms with Gasteiger partial charge in [-0.2, -0.15) is 0 Å². The number of rotatable bonds is 15. The summed E-state index contributed by atoms with van der Waals surface area (Å²) < 4.78 is 6.49. The van der Waals surface area contributed by atoms with Crippen LogP contribution in [0.25, 0.3) is 0 Å². The first-order valence-electron chi connectivity index (χ1n) is 17.0. The number of allylic oxidation sites excluding steroid dienone is 2. The zero-order valence-corrected chi connectivity index (χ0v) is 26.5. The summed E-state index contributed by atoms with van der Waals surface area (Å²) in [6.45, 7) is 0.760. The number of carbonyl (C=O) groups is 2. The molecule has 0 spiro atoms. The topological polar surface area (TPSA) is 83.8 Å². The molecule has 0 heterocycles. The van der Waals surface area contributed by atoms with Crippen LogP contribution in [0, 0.1) is 11.8 Å². The van der Waals surface area contributed by atoms with Gasteiger partial charge in [0.05, 0.1) is 12.2 Å². The molecule has 0 radical (unpaired) electrons. The molecule has 1 saturated carbocycles. The molecule has 5 heteroatoms. The van der Waals surface area contributed by atoms with Gasteiger partial charge in [0.25, 0.3) is 0 Å². The number of carboxylic acid groups (broad SMARTS) is 2. The van der Waals surface area contributed by atoms with Crippen molar-refractivity contribution < 1.29 is 24.5 Å². The van der Waals surface area contributed by atoms with Gasteiger partial charge in [0, 0.05) is 12.3 Å². The van der Waals surface area contributed by atoms with E-state index in [0.717, 1.165) is 62.4 Å². The molecule has 3 aromatic carbocycles. The van der Waals surface area contributed by atoms with Crippen molar-refractivity contribution in [3.8, 4) is 5.75 Å². The number of aromatic carboxylic acids is 1. The molecule has 0 aromatic heterocycles. The Bertz CT molecular complexity index is 1430. The van der Waals surface area contributed by atoms with Crippen LogP contribution in [-0.2, 0) is 24.1 Å². The first kappa shape index (κ1) is 32.5. The number of hydrogen-bond donors (Lipinski definition) is 2. The van der Waals surface area contributed by atoms with Crippen LogP contribution in [0.2, 0.25) is 0 Å². The zero-order valence-electron chi connectivity index (χ0n) is 26.5. The predicted molar refractivity (Wildman–Crippen MR) is 179 cm³/mol. The number of fused-ring (bicyclic) bond motifs is 1. The highest BCUT2D eigenvalue weighted by molar-refractivity contribution is 5.88. The molecule has 5 nitrogen and oxygen atoms in total. The fourth-order valence-electron chi connectivity index (χ4n) is 7.32. The summed E-state index contributed by atoms with van der Waals surface area (Å²) in [6.07, 6.45) is 16.0. The second-order valence-electron chi connectivity index (χ2n) is 13.1. The van der Waals surface area contributed by atoms with Crippen LogP contribution in [0.4, 0.5) is 0 Å². The molecule has 2 aliphatic rings. The third kappa shape index (κ3) is 9.56. The van der Waals surface area contributed by atoms with Gasteiger partial charge in [-0.15, -0.1) is 0 Å². The number of ether oxygens (including phenoxy) is 1. The molecule has 3 aromatic rings. The average molecular weight is 609 g/mol. The third-order valence-electron chi connectivity index (χ3n) is 9.94. The monoisotopic (exact) mass is 608 g/mol. The van der Waals surface area contributed by atoms with Gasteiger partial charge in [-0.05, 0) is 123 Å². The highest BCUT2D eigenvalue weighted by Gasteiger charge is 2.25. The Hall–Kier alpha value is -3.86. The molecule has 1 atom stereocenters. The molecule has 0 amide bonds. The molecule has 0 bridgehead atoms. The molecule has 5 rings (SSSR count). The number of unbranched alkanes of at least 4 members (excludes halogenated alkanes) is 1. The third-order valence-corrected chi connectivity index (χ3v) is 9.94. The van der Waals surface area contributed by atoms with E-state index < -0.39 is 11.9 Å². The molecule has 0 aliphatic heterocycles. The molecule has 238 valence electrons. The molecule has 2 aliphatic carbocycles. The number of aryl methyl sites for hydroxylation is 2. The Morgan fingerprint density at radius 2 is 1.56 bits per heavy atom.